The third-order valence-electron chi connectivity index (χ3n) is 2.85. The third kappa shape index (κ3) is 3.46. The van der Waals surface area contributed by atoms with Crippen molar-refractivity contribution in [1.29, 1.82) is 0 Å². The van der Waals surface area contributed by atoms with Gasteiger partial charge in [-0.05, 0) is 18.1 Å². The van der Waals surface area contributed by atoms with E-state index < -0.39 is 9.05 Å². The van der Waals surface area contributed by atoms with Gasteiger partial charge in [-0.15, -0.1) is 0 Å². The van der Waals surface area contributed by atoms with Crippen LogP contribution in [0, 0.1) is 0 Å². The number of hydrogen-bond donors (Lipinski definition) is 0. The van der Waals surface area contributed by atoms with Crippen molar-refractivity contribution in [3.63, 3.8) is 0 Å². The van der Waals surface area contributed by atoms with Gasteiger partial charge in [-0.3, -0.25) is 0 Å². The number of halogens is 2. The van der Waals surface area contributed by atoms with E-state index in [0.717, 1.165) is 12.0 Å². The van der Waals surface area contributed by atoms with Crippen LogP contribution in [0.5, 0.6) is 11.5 Å². The van der Waals surface area contributed by atoms with Crippen LogP contribution >= 0.6 is 22.3 Å². The molecule has 0 unspecified atom stereocenters. The van der Waals surface area contributed by atoms with Gasteiger partial charge in [-0.1, -0.05) is 18.5 Å². The Morgan fingerprint density at radius 1 is 1.26 bits per heavy atom. The molecular formula is C12H14Cl2O4S. The number of hydrogen-bond acceptors (Lipinski definition) is 4. The van der Waals surface area contributed by atoms with Crippen LogP contribution in [0.25, 0.3) is 0 Å². The van der Waals surface area contributed by atoms with Crippen molar-refractivity contribution in [1.82, 2.24) is 0 Å². The summed E-state index contributed by atoms with van der Waals surface area (Å²) in [5.74, 6) is 0.767. The molecule has 1 aromatic carbocycles. The molecular weight excluding hydrogens is 311 g/mol. The van der Waals surface area contributed by atoms with Crippen molar-refractivity contribution in [2.45, 2.75) is 25.5 Å². The summed E-state index contributed by atoms with van der Waals surface area (Å²) in [5, 5.41) is 0.351. The minimum Gasteiger partial charge on any atom is -0.489 e. The first kappa shape index (κ1) is 14.8. The highest BCUT2D eigenvalue weighted by Gasteiger charge is 2.23. The molecule has 0 N–H and O–H groups in total. The maximum Gasteiger partial charge on any atom is 0.236 e. The average molecular weight is 325 g/mol. The summed E-state index contributed by atoms with van der Waals surface area (Å²) in [6.07, 6.45) is 1.38. The van der Waals surface area contributed by atoms with Crippen LogP contribution in [0.2, 0.25) is 5.02 Å². The van der Waals surface area contributed by atoms with Gasteiger partial charge in [0, 0.05) is 22.7 Å². The van der Waals surface area contributed by atoms with E-state index in [1.54, 1.807) is 6.07 Å². The topological polar surface area (TPSA) is 52.6 Å². The average Bonchev–Trinajstić information content (AvgIpc) is 2.53. The van der Waals surface area contributed by atoms with Gasteiger partial charge < -0.3 is 9.47 Å². The minimum absolute atomic E-state index is 0.270. The molecule has 0 spiro atoms. The molecule has 1 aliphatic heterocycles. The van der Waals surface area contributed by atoms with Gasteiger partial charge in [0.25, 0.3) is 0 Å². The summed E-state index contributed by atoms with van der Waals surface area (Å²) in [7, 11) is 1.68. The molecule has 1 heterocycles. The molecule has 0 aromatic heterocycles. The highest BCUT2D eigenvalue weighted by atomic mass is 35.7. The zero-order valence-electron chi connectivity index (χ0n) is 10.4. The fraction of sp³-hybridized carbons (Fsp3) is 0.500. The van der Waals surface area contributed by atoms with Crippen LogP contribution in [-0.2, 0) is 21.2 Å². The van der Waals surface area contributed by atoms with Gasteiger partial charge in [0.05, 0.1) is 24.0 Å². The van der Waals surface area contributed by atoms with Crippen molar-refractivity contribution < 1.29 is 17.9 Å². The standard InChI is InChI=1S/C12H14Cl2O4S/c1-2-9-8(7-19(14,15)16)6-10(13)12-11(9)17-4-3-5-18-12/h6H,2-5,7H2,1H3. The zero-order valence-corrected chi connectivity index (χ0v) is 12.7. The SMILES string of the molecule is CCc1c(CS(=O)(=O)Cl)cc(Cl)c2c1OCCCO2. The summed E-state index contributed by atoms with van der Waals surface area (Å²) in [6.45, 7) is 2.97. The zero-order chi connectivity index (χ0) is 14.0. The second kappa shape index (κ2) is 5.77. The molecule has 0 radical (unpaired) electrons. The highest BCUT2D eigenvalue weighted by Crippen LogP contribution is 2.42. The Morgan fingerprint density at radius 3 is 2.47 bits per heavy atom. The summed E-state index contributed by atoms with van der Waals surface area (Å²) in [6, 6.07) is 1.59. The quantitative estimate of drug-likeness (QED) is 0.801. The van der Waals surface area contributed by atoms with Crippen LogP contribution in [0.4, 0.5) is 0 Å². The normalized spacial score (nSPS) is 15.1. The first-order valence-corrected chi connectivity index (χ1v) is 8.80. The Bertz CT molecular complexity index is 584. The Labute approximate surface area is 122 Å². The molecule has 4 nitrogen and oxygen atoms in total. The van der Waals surface area contributed by atoms with Crippen molar-refractivity contribution >= 4 is 31.3 Å². The fourth-order valence-corrected chi connectivity index (χ4v) is 3.35. The Hall–Kier alpha value is -0.650. The van der Waals surface area contributed by atoms with Crippen molar-refractivity contribution in [3.8, 4) is 11.5 Å². The van der Waals surface area contributed by atoms with Crippen molar-refractivity contribution in [3.05, 3.63) is 22.2 Å². The smallest absolute Gasteiger partial charge is 0.236 e. The van der Waals surface area contributed by atoms with Gasteiger partial charge in [-0.25, -0.2) is 8.42 Å². The number of benzene rings is 1. The van der Waals surface area contributed by atoms with E-state index in [-0.39, 0.29) is 5.75 Å². The van der Waals surface area contributed by atoms with Gasteiger partial charge >= 0.3 is 0 Å². The van der Waals surface area contributed by atoms with E-state index in [4.69, 9.17) is 31.8 Å². The number of rotatable bonds is 3. The van der Waals surface area contributed by atoms with E-state index in [2.05, 4.69) is 0 Å². The molecule has 0 aliphatic carbocycles. The first-order chi connectivity index (χ1) is 8.92. The molecule has 19 heavy (non-hydrogen) atoms. The Morgan fingerprint density at radius 2 is 1.89 bits per heavy atom. The van der Waals surface area contributed by atoms with Gasteiger partial charge in [0.15, 0.2) is 11.5 Å². The lowest BCUT2D eigenvalue weighted by Crippen LogP contribution is -2.04. The monoisotopic (exact) mass is 324 g/mol. The maximum atomic E-state index is 11.3. The van der Waals surface area contributed by atoms with Crippen molar-refractivity contribution in [2.24, 2.45) is 0 Å². The number of fused-ring (bicyclic) bond motifs is 1. The van der Waals surface area contributed by atoms with Crippen LogP contribution in [0.3, 0.4) is 0 Å². The van der Waals surface area contributed by atoms with Crippen LogP contribution in [0.1, 0.15) is 24.5 Å². The molecule has 0 amide bonds. The molecule has 0 fully saturated rings. The molecule has 0 saturated heterocycles. The molecule has 0 saturated carbocycles. The first-order valence-electron chi connectivity index (χ1n) is 5.94. The molecule has 106 valence electrons. The summed E-state index contributed by atoms with van der Waals surface area (Å²) < 4.78 is 33.8. The summed E-state index contributed by atoms with van der Waals surface area (Å²) in [5.41, 5.74) is 1.34. The maximum absolute atomic E-state index is 11.3. The summed E-state index contributed by atoms with van der Waals surface area (Å²) >= 11 is 6.13. The van der Waals surface area contributed by atoms with E-state index >= 15 is 0 Å². The fourth-order valence-electron chi connectivity index (χ4n) is 2.09. The molecule has 0 bridgehead atoms. The molecule has 7 heteroatoms. The lowest BCUT2D eigenvalue weighted by Gasteiger charge is -2.16. The second-order valence-electron chi connectivity index (χ2n) is 4.24. The predicted octanol–water partition coefficient (Wildman–Crippen LogP) is 3.13. The van der Waals surface area contributed by atoms with Crippen LogP contribution in [0.15, 0.2) is 6.07 Å². The Kier molecular flexibility index (Phi) is 4.48. The van der Waals surface area contributed by atoms with E-state index in [0.29, 0.717) is 41.7 Å². The highest BCUT2D eigenvalue weighted by molar-refractivity contribution is 8.13. The molecule has 2 rings (SSSR count). The lowest BCUT2D eigenvalue weighted by molar-refractivity contribution is 0.296. The third-order valence-corrected chi connectivity index (χ3v) is 4.11. The lowest BCUT2D eigenvalue weighted by atomic mass is 10.0. The molecule has 0 atom stereocenters. The van der Waals surface area contributed by atoms with Gasteiger partial charge in [0.1, 0.15) is 0 Å². The second-order valence-corrected chi connectivity index (χ2v) is 7.43. The van der Waals surface area contributed by atoms with Gasteiger partial charge in [0.2, 0.25) is 9.05 Å². The van der Waals surface area contributed by atoms with E-state index in [9.17, 15) is 8.42 Å². The molecule has 1 aromatic rings. The van der Waals surface area contributed by atoms with Crippen molar-refractivity contribution in [2.75, 3.05) is 13.2 Å². The van der Waals surface area contributed by atoms with Crippen LogP contribution in [-0.4, -0.2) is 21.6 Å². The Balaban J connectivity index is 2.57. The van der Waals surface area contributed by atoms with E-state index in [1.165, 1.54) is 0 Å². The largest absolute Gasteiger partial charge is 0.489 e. The minimum atomic E-state index is -3.64. The van der Waals surface area contributed by atoms with Gasteiger partial charge in [-0.2, -0.15) is 0 Å². The van der Waals surface area contributed by atoms with Crippen LogP contribution < -0.4 is 9.47 Å². The number of ether oxygens (including phenoxy) is 2. The van der Waals surface area contributed by atoms with E-state index in [1.807, 2.05) is 6.92 Å². The predicted molar refractivity (Wildman–Crippen MR) is 74.9 cm³/mol. The molecule has 1 aliphatic rings. The summed E-state index contributed by atoms with van der Waals surface area (Å²) in [4.78, 5) is 0.